The zero-order valence-electron chi connectivity index (χ0n) is 10.9. The number of nitrogens with one attached hydrogen (secondary N) is 2. The summed E-state index contributed by atoms with van der Waals surface area (Å²) in [4.78, 5) is 0. The summed E-state index contributed by atoms with van der Waals surface area (Å²) >= 11 is 3.42. The third kappa shape index (κ3) is 2.43. The van der Waals surface area contributed by atoms with E-state index >= 15 is 0 Å². The van der Waals surface area contributed by atoms with E-state index in [0.717, 1.165) is 35.4 Å². The molecule has 4 heteroatoms. The number of hydrogen-bond acceptors (Lipinski definition) is 3. The van der Waals surface area contributed by atoms with Gasteiger partial charge < -0.3 is 10.6 Å². The van der Waals surface area contributed by atoms with E-state index in [1.807, 2.05) is 18.2 Å². The van der Waals surface area contributed by atoms with Crippen LogP contribution in [-0.4, -0.2) is 6.54 Å². The summed E-state index contributed by atoms with van der Waals surface area (Å²) in [5, 5.41) is 16.1. The minimum atomic E-state index is 0.638. The van der Waals surface area contributed by atoms with Crippen molar-refractivity contribution in [2.24, 2.45) is 0 Å². The van der Waals surface area contributed by atoms with Gasteiger partial charge in [0.05, 0.1) is 11.3 Å². The average Bonchev–Trinajstić information content (AvgIpc) is 2.48. The molecule has 0 bridgehead atoms. The van der Waals surface area contributed by atoms with Crippen LogP contribution in [0.5, 0.6) is 0 Å². The number of nitrogens with zero attached hydrogens (tertiary/aromatic N) is 1. The van der Waals surface area contributed by atoms with Crippen LogP contribution < -0.4 is 10.6 Å². The Morgan fingerprint density at radius 2 is 1.95 bits per heavy atom. The maximum atomic E-state index is 9.29. The second kappa shape index (κ2) is 5.66. The van der Waals surface area contributed by atoms with Gasteiger partial charge in [0.1, 0.15) is 6.07 Å². The Balaban J connectivity index is 2.01. The van der Waals surface area contributed by atoms with Crippen LogP contribution in [0.4, 0.5) is 11.4 Å². The van der Waals surface area contributed by atoms with E-state index in [9.17, 15) is 5.26 Å². The largest absolute Gasteiger partial charge is 0.354 e. The Labute approximate surface area is 126 Å². The van der Waals surface area contributed by atoms with E-state index in [1.54, 1.807) is 0 Å². The number of halogens is 1. The van der Waals surface area contributed by atoms with Gasteiger partial charge in [-0.2, -0.15) is 5.26 Å². The molecule has 0 amide bonds. The van der Waals surface area contributed by atoms with E-state index < -0.39 is 0 Å². The molecule has 0 aromatic heterocycles. The van der Waals surface area contributed by atoms with Gasteiger partial charge >= 0.3 is 0 Å². The lowest BCUT2D eigenvalue weighted by atomic mass is 9.99. The van der Waals surface area contributed by atoms with Crippen LogP contribution in [0.3, 0.4) is 0 Å². The predicted molar refractivity (Wildman–Crippen MR) is 84.0 cm³/mol. The van der Waals surface area contributed by atoms with Crippen molar-refractivity contribution in [3.63, 3.8) is 0 Å². The fourth-order valence-corrected chi connectivity index (χ4v) is 2.99. The van der Waals surface area contributed by atoms with Gasteiger partial charge in [-0.05, 0) is 58.2 Å². The van der Waals surface area contributed by atoms with E-state index in [1.165, 1.54) is 11.1 Å². The van der Waals surface area contributed by atoms with Crippen molar-refractivity contribution in [1.82, 2.24) is 5.32 Å². The molecule has 20 heavy (non-hydrogen) atoms. The van der Waals surface area contributed by atoms with Crippen LogP contribution in [0.25, 0.3) is 0 Å². The molecule has 1 aliphatic rings. The molecule has 100 valence electrons. The molecule has 1 heterocycles. The van der Waals surface area contributed by atoms with E-state index in [0.29, 0.717) is 5.56 Å². The van der Waals surface area contributed by atoms with Gasteiger partial charge in [-0.25, -0.2) is 0 Å². The van der Waals surface area contributed by atoms with Gasteiger partial charge in [-0.1, -0.05) is 18.2 Å². The molecule has 0 fully saturated rings. The van der Waals surface area contributed by atoms with E-state index in [2.05, 4.69) is 50.8 Å². The van der Waals surface area contributed by atoms with Crippen LogP contribution in [0.1, 0.15) is 16.7 Å². The van der Waals surface area contributed by atoms with Crippen molar-refractivity contribution >= 4 is 27.3 Å². The smallest absolute Gasteiger partial charge is 0.103 e. The average molecular weight is 328 g/mol. The quantitative estimate of drug-likeness (QED) is 0.883. The van der Waals surface area contributed by atoms with Gasteiger partial charge in [0.2, 0.25) is 0 Å². The number of nitriles is 1. The minimum absolute atomic E-state index is 0.638. The Kier molecular flexibility index (Phi) is 3.72. The Morgan fingerprint density at radius 1 is 1.15 bits per heavy atom. The summed E-state index contributed by atoms with van der Waals surface area (Å²) in [7, 11) is 0. The molecule has 0 spiro atoms. The molecule has 0 saturated carbocycles. The lowest BCUT2D eigenvalue weighted by molar-refractivity contribution is 0.645. The van der Waals surface area contributed by atoms with E-state index in [4.69, 9.17) is 0 Å². The molecule has 2 N–H and O–H groups in total. The molecule has 1 aliphatic heterocycles. The van der Waals surface area contributed by atoms with Gasteiger partial charge in [-0.15, -0.1) is 0 Å². The van der Waals surface area contributed by atoms with Crippen LogP contribution in [0, 0.1) is 11.3 Å². The summed E-state index contributed by atoms with van der Waals surface area (Å²) in [6, 6.07) is 14.3. The standard InChI is InChI=1S/C16H14BrN3/c17-14-4-2-6-16(13(14)9-18)20-15-5-1-3-11-10-19-8-7-12(11)15/h1-6,19-20H,7-8,10H2. The summed E-state index contributed by atoms with van der Waals surface area (Å²) in [6.07, 6.45) is 1.01. The zero-order chi connectivity index (χ0) is 13.9. The number of fused-ring (bicyclic) bond motifs is 1. The highest BCUT2D eigenvalue weighted by molar-refractivity contribution is 9.10. The first kappa shape index (κ1) is 13.2. The number of rotatable bonds is 2. The fraction of sp³-hybridized carbons (Fsp3) is 0.188. The highest BCUT2D eigenvalue weighted by Gasteiger charge is 2.14. The van der Waals surface area contributed by atoms with Crippen LogP contribution >= 0.6 is 15.9 Å². The lowest BCUT2D eigenvalue weighted by Gasteiger charge is -2.21. The SMILES string of the molecule is N#Cc1c(Br)cccc1Nc1cccc2c1CCNC2. The van der Waals surface area contributed by atoms with Gasteiger partial charge in [-0.3, -0.25) is 0 Å². The molecule has 2 aromatic carbocycles. The molecule has 0 radical (unpaired) electrons. The second-order valence-electron chi connectivity index (χ2n) is 4.77. The molecule has 0 atom stereocenters. The highest BCUT2D eigenvalue weighted by Crippen LogP contribution is 2.30. The van der Waals surface area contributed by atoms with Crippen LogP contribution in [-0.2, 0) is 13.0 Å². The van der Waals surface area contributed by atoms with Gasteiger partial charge in [0, 0.05) is 16.7 Å². The van der Waals surface area contributed by atoms with Crippen molar-refractivity contribution in [1.29, 1.82) is 5.26 Å². The first-order valence-corrected chi connectivity index (χ1v) is 7.36. The lowest BCUT2D eigenvalue weighted by Crippen LogP contribution is -2.24. The fourth-order valence-electron chi connectivity index (χ4n) is 2.54. The molecule has 0 unspecified atom stereocenters. The summed E-state index contributed by atoms with van der Waals surface area (Å²) in [6.45, 7) is 1.91. The number of benzene rings is 2. The third-order valence-corrected chi connectivity index (χ3v) is 4.20. The molecule has 3 rings (SSSR count). The summed E-state index contributed by atoms with van der Waals surface area (Å²) < 4.78 is 0.816. The van der Waals surface area contributed by atoms with Crippen molar-refractivity contribution in [2.45, 2.75) is 13.0 Å². The molecular weight excluding hydrogens is 314 g/mol. The number of anilines is 2. The first-order chi connectivity index (χ1) is 9.79. The highest BCUT2D eigenvalue weighted by atomic mass is 79.9. The normalized spacial score (nSPS) is 13.4. The minimum Gasteiger partial charge on any atom is -0.354 e. The monoisotopic (exact) mass is 327 g/mol. The van der Waals surface area contributed by atoms with Crippen molar-refractivity contribution in [2.75, 3.05) is 11.9 Å². The van der Waals surface area contributed by atoms with E-state index in [-0.39, 0.29) is 0 Å². The topological polar surface area (TPSA) is 47.9 Å². The van der Waals surface area contributed by atoms with Crippen molar-refractivity contribution in [3.8, 4) is 6.07 Å². The number of hydrogen-bond donors (Lipinski definition) is 2. The van der Waals surface area contributed by atoms with Gasteiger partial charge in [0.25, 0.3) is 0 Å². The zero-order valence-corrected chi connectivity index (χ0v) is 12.5. The van der Waals surface area contributed by atoms with Crippen molar-refractivity contribution in [3.05, 3.63) is 57.6 Å². The first-order valence-electron chi connectivity index (χ1n) is 6.56. The third-order valence-electron chi connectivity index (χ3n) is 3.54. The van der Waals surface area contributed by atoms with Crippen LogP contribution in [0.15, 0.2) is 40.9 Å². The maximum absolute atomic E-state index is 9.29. The Bertz CT molecular complexity index is 689. The van der Waals surface area contributed by atoms with Gasteiger partial charge in [0.15, 0.2) is 0 Å². The maximum Gasteiger partial charge on any atom is 0.103 e. The Hall–Kier alpha value is -1.83. The molecular formula is C16H14BrN3. The molecule has 0 aliphatic carbocycles. The molecule has 0 saturated heterocycles. The molecule has 3 nitrogen and oxygen atoms in total. The summed E-state index contributed by atoms with van der Waals surface area (Å²) in [5.74, 6) is 0. The second-order valence-corrected chi connectivity index (χ2v) is 5.62. The Morgan fingerprint density at radius 3 is 2.80 bits per heavy atom. The summed E-state index contributed by atoms with van der Waals surface area (Å²) in [5.41, 5.74) is 5.25. The van der Waals surface area contributed by atoms with Crippen LogP contribution in [0.2, 0.25) is 0 Å². The predicted octanol–water partition coefficient (Wildman–Crippen LogP) is 3.71. The van der Waals surface area contributed by atoms with Crippen molar-refractivity contribution < 1.29 is 0 Å². The molecule has 2 aromatic rings.